The fourth-order valence-corrected chi connectivity index (χ4v) is 3.54. The minimum Gasteiger partial charge on any atom is -0.399 e. The molecule has 5 nitrogen and oxygen atoms in total. The average molecular weight is 303 g/mol. The zero-order valence-electron chi connectivity index (χ0n) is 13.4. The first-order valence-electron chi connectivity index (χ1n) is 8.03. The van der Waals surface area contributed by atoms with Crippen molar-refractivity contribution in [2.24, 2.45) is 5.92 Å². The molecular weight excluding hydrogens is 278 g/mol. The molecule has 2 saturated heterocycles. The number of nitrogens with zero attached hydrogens (tertiary/aromatic N) is 2. The lowest BCUT2D eigenvalue weighted by atomic mass is 10.0. The SMILES string of the molecule is Cc1ccc(N)cc1C(=O)N1CC(C)C(N2CCOCC2)C1. The number of hydrogen-bond donors (Lipinski definition) is 1. The smallest absolute Gasteiger partial charge is 0.254 e. The third-order valence-electron chi connectivity index (χ3n) is 4.87. The molecule has 2 heterocycles. The van der Waals surface area contributed by atoms with Crippen LogP contribution in [0.5, 0.6) is 0 Å². The standard InChI is InChI=1S/C17H25N3O2/c1-12-3-4-14(18)9-15(12)17(21)20-10-13(2)16(11-20)19-5-7-22-8-6-19/h3-4,9,13,16H,5-8,10-11,18H2,1-2H3. The van der Waals surface area contributed by atoms with Crippen molar-refractivity contribution in [1.82, 2.24) is 9.80 Å². The first-order chi connectivity index (χ1) is 10.6. The van der Waals surface area contributed by atoms with Crippen LogP contribution in [-0.2, 0) is 4.74 Å². The number of ether oxygens (including phenoxy) is 1. The van der Waals surface area contributed by atoms with Crippen molar-refractivity contribution in [2.75, 3.05) is 45.1 Å². The minimum atomic E-state index is 0.104. The molecule has 5 heteroatoms. The predicted molar refractivity (Wildman–Crippen MR) is 86.8 cm³/mol. The fourth-order valence-electron chi connectivity index (χ4n) is 3.54. The summed E-state index contributed by atoms with van der Waals surface area (Å²) in [5.41, 5.74) is 8.21. The highest BCUT2D eigenvalue weighted by molar-refractivity contribution is 5.96. The molecule has 0 spiro atoms. The maximum Gasteiger partial charge on any atom is 0.254 e. The maximum atomic E-state index is 12.8. The summed E-state index contributed by atoms with van der Waals surface area (Å²) in [5, 5.41) is 0. The van der Waals surface area contributed by atoms with E-state index in [4.69, 9.17) is 10.5 Å². The van der Waals surface area contributed by atoms with Gasteiger partial charge >= 0.3 is 0 Å². The van der Waals surface area contributed by atoms with Crippen LogP contribution in [0.2, 0.25) is 0 Å². The zero-order chi connectivity index (χ0) is 15.7. The van der Waals surface area contributed by atoms with Crippen LogP contribution in [-0.4, -0.2) is 61.1 Å². The van der Waals surface area contributed by atoms with Crippen molar-refractivity contribution in [3.05, 3.63) is 29.3 Å². The Hall–Kier alpha value is -1.59. The highest BCUT2D eigenvalue weighted by Crippen LogP contribution is 2.25. The number of amides is 1. The Kier molecular flexibility index (Phi) is 4.36. The van der Waals surface area contributed by atoms with Crippen molar-refractivity contribution in [2.45, 2.75) is 19.9 Å². The number of carbonyl (C=O) groups is 1. The summed E-state index contributed by atoms with van der Waals surface area (Å²) in [6, 6.07) is 6.00. The van der Waals surface area contributed by atoms with Crippen molar-refractivity contribution in [3.8, 4) is 0 Å². The topological polar surface area (TPSA) is 58.8 Å². The molecule has 2 aliphatic heterocycles. The van der Waals surface area contributed by atoms with Crippen molar-refractivity contribution in [1.29, 1.82) is 0 Å². The van der Waals surface area contributed by atoms with E-state index >= 15 is 0 Å². The lowest BCUT2D eigenvalue weighted by molar-refractivity contribution is 0.0119. The molecule has 2 fully saturated rings. The van der Waals surface area contributed by atoms with Crippen LogP contribution in [0.3, 0.4) is 0 Å². The van der Waals surface area contributed by atoms with E-state index in [1.807, 2.05) is 24.0 Å². The molecule has 2 N–H and O–H groups in total. The monoisotopic (exact) mass is 303 g/mol. The van der Waals surface area contributed by atoms with E-state index in [9.17, 15) is 4.79 Å². The van der Waals surface area contributed by atoms with E-state index in [1.54, 1.807) is 6.07 Å². The number of nitrogens with two attached hydrogens (primary N) is 1. The van der Waals surface area contributed by atoms with E-state index in [0.29, 0.717) is 17.6 Å². The summed E-state index contributed by atoms with van der Waals surface area (Å²) in [4.78, 5) is 17.3. The van der Waals surface area contributed by atoms with Crippen molar-refractivity contribution < 1.29 is 9.53 Å². The summed E-state index contributed by atoms with van der Waals surface area (Å²) in [6.45, 7) is 9.34. The number of rotatable bonds is 2. The number of hydrogen-bond acceptors (Lipinski definition) is 4. The second-order valence-corrected chi connectivity index (χ2v) is 6.48. The molecule has 22 heavy (non-hydrogen) atoms. The van der Waals surface area contributed by atoms with E-state index < -0.39 is 0 Å². The van der Waals surface area contributed by atoms with Gasteiger partial charge in [-0.15, -0.1) is 0 Å². The number of anilines is 1. The normalized spacial score (nSPS) is 26.4. The van der Waals surface area contributed by atoms with Crippen LogP contribution >= 0.6 is 0 Å². The van der Waals surface area contributed by atoms with Crippen molar-refractivity contribution >= 4 is 11.6 Å². The summed E-state index contributed by atoms with van der Waals surface area (Å²) >= 11 is 0. The molecule has 1 amide bonds. The summed E-state index contributed by atoms with van der Waals surface area (Å²) in [5.74, 6) is 0.593. The number of nitrogen functional groups attached to an aromatic ring is 1. The highest BCUT2D eigenvalue weighted by atomic mass is 16.5. The fraction of sp³-hybridized carbons (Fsp3) is 0.588. The molecule has 1 aromatic carbocycles. The molecule has 2 unspecified atom stereocenters. The summed E-state index contributed by atoms with van der Waals surface area (Å²) in [6.07, 6.45) is 0. The van der Waals surface area contributed by atoms with E-state index in [-0.39, 0.29) is 5.91 Å². The van der Waals surface area contributed by atoms with Gasteiger partial charge in [0.25, 0.3) is 5.91 Å². The molecule has 1 aromatic rings. The van der Waals surface area contributed by atoms with Crippen LogP contribution in [0.4, 0.5) is 5.69 Å². The van der Waals surface area contributed by atoms with Gasteiger partial charge in [0.1, 0.15) is 0 Å². The summed E-state index contributed by atoms with van der Waals surface area (Å²) in [7, 11) is 0. The van der Waals surface area contributed by atoms with Gasteiger partial charge in [-0.1, -0.05) is 13.0 Å². The van der Waals surface area contributed by atoms with Gasteiger partial charge in [0.2, 0.25) is 0 Å². The second kappa shape index (κ2) is 6.26. The Morgan fingerprint density at radius 2 is 2.00 bits per heavy atom. The Morgan fingerprint density at radius 3 is 2.73 bits per heavy atom. The number of morpholine rings is 1. The molecule has 0 aliphatic carbocycles. The second-order valence-electron chi connectivity index (χ2n) is 6.48. The van der Waals surface area contributed by atoms with Crippen LogP contribution < -0.4 is 5.73 Å². The third kappa shape index (κ3) is 2.96. The number of carbonyl (C=O) groups excluding carboxylic acids is 1. The highest BCUT2D eigenvalue weighted by Gasteiger charge is 2.37. The number of benzene rings is 1. The van der Waals surface area contributed by atoms with Gasteiger partial charge in [-0.2, -0.15) is 0 Å². The van der Waals surface area contributed by atoms with E-state index in [2.05, 4.69) is 11.8 Å². The molecule has 120 valence electrons. The van der Waals surface area contributed by atoms with Crippen molar-refractivity contribution in [3.63, 3.8) is 0 Å². The first kappa shape index (κ1) is 15.3. The number of aryl methyl sites for hydroxylation is 1. The zero-order valence-corrected chi connectivity index (χ0v) is 13.4. The Bertz CT molecular complexity index is 555. The van der Waals surface area contributed by atoms with Gasteiger partial charge in [0.15, 0.2) is 0 Å². The maximum absolute atomic E-state index is 12.8. The van der Waals surface area contributed by atoms with Gasteiger partial charge < -0.3 is 15.4 Å². The molecule has 0 aromatic heterocycles. The van der Waals surface area contributed by atoms with Crippen LogP contribution in [0.1, 0.15) is 22.8 Å². The predicted octanol–water partition coefficient (Wildman–Crippen LogP) is 1.37. The largest absolute Gasteiger partial charge is 0.399 e. The lowest BCUT2D eigenvalue weighted by Gasteiger charge is -2.34. The molecule has 0 saturated carbocycles. The van der Waals surface area contributed by atoms with Crippen LogP contribution in [0, 0.1) is 12.8 Å². The molecular formula is C17H25N3O2. The Labute approximate surface area is 132 Å². The minimum absolute atomic E-state index is 0.104. The van der Waals surface area contributed by atoms with Gasteiger partial charge in [-0.3, -0.25) is 9.69 Å². The van der Waals surface area contributed by atoms with E-state index in [1.165, 1.54) is 0 Å². The Balaban J connectivity index is 1.73. The van der Waals surface area contributed by atoms with E-state index in [0.717, 1.165) is 50.5 Å². The molecule has 0 bridgehead atoms. The average Bonchev–Trinajstić information content (AvgIpc) is 2.92. The van der Waals surface area contributed by atoms with Gasteiger partial charge in [0, 0.05) is 43.5 Å². The molecule has 2 aliphatic rings. The third-order valence-corrected chi connectivity index (χ3v) is 4.87. The van der Waals surface area contributed by atoms with Crippen LogP contribution in [0.25, 0.3) is 0 Å². The molecule has 0 radical (unpaired) electrons. The first-order valence-corrected chi connectivity index (χ1v) is 8.03. The van der Waals surface area contributed by atoms with Gasteiger partial charge in [-0.05, 0) is 30.5 Å². The van der Waals surface area contributed by atoms with Gasteiger partial charge in [-0.25, -0.2) is 0 Å². The lowest BCUT2D eigenvalue weighted by Crippen LogP contribution is -2.47. The number of likely N-dealkylation sites (tertiary alicyclic amines) is 1. The van der Waals surface area contributed by atoms with Gasteiger partial charge in [0.05, 0.1) is 13.2 Å². The Morgan fingerprint density at radius 1 is 1.27 bits per heavy atom. The molecule has 3 rings (SSSR count). The molecule has 2 atom stereocenters. The van der Waals surface area contributed by atoms with Crippen LogP contribution in [0.15, 0.2) is 18.2 Å². The summed E-state index contributed by atoms with van der Waals surface area (Å²) < 4.78 is 5.43. The quantitative estimate of drug-likeness (QED) is 0.838.